The van der Waals surface area contributed by atoms with E-state index in [-0.39, 0.29) is 23.5 Å². The number of aliphatic carboxylic acids is 1. The first-order valence-corrected chi connectivity index (χ1v) is 8.94. The maximum atomic E-state index is 12.4. The van der Waals surface area contributed by atoms with Gasteiger partial charge in [-0.1, -0.05) is 30.3 Å². The third-order valence-electron chi connectivity index (χ3n) is 4.52. The number of hydrogen-bond donors (Lipinski definition) is 1. The number of benzene rings is 1. The summed E-state index contributed by atoms with van der Waals surface area (Å²) in [7, 11) is 0. The number of carboxylic acids is 1. The van der Waals surface area contributed by atoms with E-state index in [1.54, 1.807) is 31.2 Å². The van der Waals surface area contributed by atoms with Crippen molar-refractivity contribution in [2.24, 2.45) is 4.99 Å². The summed E-state index contributed by atoms with van der Waals surface area (Å²) in [5.74, 6) is -1.32. The average molecular weight is 360 g/mol. The molecular formula is C18H20N2O4S. The molecule has 0 aliphatic carbocycles. The highest BCUT2D eigenvalue weighted by Crippen LogP contribution is 2.51. The molecular weight excluding hydrogens is 340 g/mol. The van der Waals surface area contributed by atoms with Crippen LogP contribution in [0.2, 0.25) is 0 Å². The van der Waals surface area contributed by atoms with Crippen molar-refractivity contribution in [3.63, 3.8) is 0 Å². The fraction of sp³-hybridized carbons (Fsp3) is 0.444. The number of hydrogen-bond acceptors (Lipinski definition) is 5. The first-order valence-electron chi connectivity index (χ1n) is 8.06. The van der Waals surface area contributed by atoms with E-state index >= 15 is 0 Å². The number of aliphatic imine (C=N–C) groups is 1. The second kappa shape index (κ2) is 6.29. The number of rotatable bonds is 5. The summed E-state index contributed by atoms with van der Waals surface area (Å²) >= 11 is 1.46. The van der Waals surface area contributed by atoms with Crippen molar-refractivity contribution in [1.82, 2.24) is 4.90 Å². The Labute approximate surface area is 150 Å². The normalized spacial score (nSPS) is 27.6. The molecule has 132 valence electrons. The van der Waals surface area contributed by atoms with Crippen molar-refractivity contribution in [2.75, 3.05) is 0 Å². The number of ketones is 1. The van der Waals surface area contributed by atoms with E-state index in [9.17, 15) is 19.5 Å². The van der Waals surface area contributed by atoms with E-state index < -0.39 is 22.8 Å². The number of carboxylic acid groups (broad SMARTS) is 1. The molecule has 2 aliphatic heterocycles. The lowest BCUT2D eigenvalue weighted by Gasteiger charge is -2.41. The smallest absolute Gasteiger partial charge is 0.327 e. The topological polar surface area (TPSA) is 87.0 Å². The zero-order valence-electron chi connectivity index (χ0n) is 14.3. The van der Waals surface area contributed by atoms with Crippen LogP contribution in [-0.4, -0.2) is 55.6 Å². The number of amides is 1. The largest absolute Gasteiger partial charge is 0.480 e. The molecule has 0 aromatic heterocycles. The number of fused-ring (bicyclic) bond motifs is 1. The van der Waals surface area contributed by atoms with Gasteiger partial charge in [0.2, 0.25) is 0 Å². The molecule has 2 fully saturated rings. The van der Waals surface area contributed by atoms with Crippen molar-refractivity contribution in [1.29, 1.82) is 0 Å². The van der Waals surface area contributed by atoms with E-state index in [1.165, 1.54) is 16.7 Å². The van der Waals surface area contributed by atoms with Gasteiger partial charge in [-0.15, -0.1) is 11.8 Å². The third kappa shape index (κ3) is 3.08. The van der Waals surface area contributed by atoms with E-state index in [0.717, 1.165) is 0 Å². The lowest BCUT2D eigenvalue weighted by Crippen LogP contribution is -2.65. The molecule has 0 radical (unpaired) electrons. The maximum Gasteiger partial charge on any atom is 0.327 e. The van der Waals surface area contributed by atoms with Gasteiger partial charge in [0.25, 0.3) is 5.91 Å². The lowest BCUT2D eigenvalue weighted by molar-refractivity contribution is -0.158. The van der Waals surface area contributed by atoms with Gasteiger partial charge in [0.1, 0.15) is 11.4 Å². The molecule has 2 aliphatic rings. The Balaban J connectivity index is 1.72. The van der Waals surface area contributed by atoms with Crippen molar-refractivity contribution in [2.45, 2.75) is 49.4 Å². The monoisotopic (exact) mass is 360 g/mol. The van der Waals surface area contributed by atoms with Gasteiger partial charge < -0.3 is 10.0 Å². The van der Waals surface area contributed by atoms with E-state index in [0.29, 0.717) is 11.3 Å². The van der Waals surface area contributed by atoms with Crippen LogP contribution in [0.3, 0.4) is 0 Å². The van der Waals surface area contributed by atoms with Crippen LogP contribution in [0.5, 0.6) is 0 Å². The number of β-lactam (4-membered cyclic amide) rings is 1. The summed E-state index contributed by atoms with van der Waals surface area (Å²) in [4.78, 5) is 42.0. The van der Waals surface area contributed by atoms with Crippen LogP contribution in [0.4, 0.5) is 0 Å². The standard InChI is InChI=1S/C18H20N2O4S/c1-10(9-12(21)11-7-5-4-6-8-11)19-13-15(22)20-14(17(23)24)18(2,3)25-16(13)20/h4-8,13-14,16H,9H2,1-3H3,(H,23,24)/t13-,14+,16-/m1/s1. The summed E-state index contributed by atoms with van der Waals surface area (Å²) in [5.41, 5.74) is 1.20. The summed E-state index contributed by atoms with van der Waals surface area (Å²) in [6.45, 7) is 5.39. The fourth-order valence-corrected chi connectivity index (χ4v) is 4.96. The van der Waals surface area contributed by atoms with E-state index in [2.05, 4.69) is 4.99 Å². The van der Waals surface area contributed by atoms with Gasteiger partial charge in [-0.25, -0.2) is 4.79 Å². The molecule has 0 spiro atoms. The van der Waals surface area contributed by atoms with Gasteiger partial charge >= 0.3 is 5.97 Å². The molecule has 3 rings (SSSR count). The highest BCUT2D eigenvalue weighted by Gasteiger charge is 2.63. The van der Waals surface area contributed by atoms with Crippen LogP contribution >= 0.6 is 11.8 Å². The number of thioether (sulfide) groups is 1. The van der Waals surface area contributed by atoms with Crippen LogP contribution in [0, 0.1) is 0 Å². The van der Waals surface area contributed by atoms with Gasteiger partial charge in [-0.2, -0.15) is 0 Å². The molecule has 2 saturated heterocycles. The van der Waals surface area contributed by atoms with E-state index in [4.69, 9.17) is 0 Å². The highest BCUT2D eigenvalue weighted by atomic mass is 32.2. The predicted octanol–water partition coefficient (Wildman–Crippen LogP) is 2.24. The van der Waals surface area contributed by atoms with Crippen LogP contribution in [0.15, 0.2) is 35.3 Å². The first kappa shape index (κ1) is 17.7. The van der Waals surface area contributed by atoms with Crippen LogP contribution in [0.25, 0.3) is 0 Å². The van der Waals surface area contributed by atoms with Gasteiger partial charge in [0.05, 0.1) is 0 Å². The Morgan fingerprint density at radius 3 is 2.52 bits per heavy atom. The molecule has 1 aromatic rings. The number of Topliss-reactive ketones (excluding diaryl/α,β-unsaturated/α-hetero) is 1. The molecule has 6 nitrogen and oxygen atoms in total. The van der Waals surface area contributed by atoms with Gasteiger partial charge in [0, 0.05) is 22.4 Å². The van der Waals surface area contributed by atoms with Crippen molar-refractivity contribution in [3.8, 4) is 0 Å². The molecule has 7 heteroatoms. The molecule has 0 unspecified atom stereocenters. The lowest BCUT2D eigenvalue weighted by atomic mass is 9.96. The molecule has 2 heterocycles. The van der Waals surface area contributed by atoms with Crippen molar-refractivity contribution in [3.05, 3.63) is 35.9 Å². The maximum absolute atomic E-state index is 12.4. The van der Waals surface area contributed by atoms with Crippen molar-refractivity contribution < 1.29 is 19.5 Å². The predicted molar refractivity (Wildman–Crippen MR) is 96.0 cm³/mol. The van der Waals surface area contributed by atoms with Gasteiger partial charge in [0.15, 0.2) is 11.8 Å². The summed E-state index contributed by atoms with van der Waals surface area (Å²) in [5, 5.41) is 9.14. The van der Waals surface area contributed by atoms with Gasteiger partial charge in [-0.3, -0.25) is 14.6 Å². The molecule has 1 amide bonds. The molecule has 1 aromatic carbocycles. The molecule has 3 atom stereocenters. The Morgan fingerprint density at radius 1 is 1.28 bits per heavy atom. The first-order chi connectivity index (χ1) is 11.7. The Bertz CT molecular complexity index is 760. The summed E-state index contributed by atoms with van der Waals surface area (Å²) in [6.07, 6.45) is 0.150. The minimum atomic E-state index is -0.994. The van der Waals surface area contributed by atoms with Crippen LogP contribution in [-0.2, 0) is 9.59 Å². The zero-order valence-corrected chi connectivity index (χ0v) is 15.1. The Morgan fingerprint density at radius 2 is 1.92 bits per heavy atom. The van der Waals surface area contributed by atoms with Crippen LogP contribution < -0.4 is 0 Å². The second-order valence-electron chi connectivity index (χ2n) is 6.87. The minimum absolute atomic E-state index is 0.0479. The molecule has 0 saturated carbocycles. The van der Waals surface area contributed by atoms with Gasteiger partial charge in [-0.05, 0) is 20.8 Å². The third-order valence-corrected chi connectivity index (χ3v) is 6.08. The number of nitrogens with zero attached hydrogens (tertiary/aromatic N) is 2. The second-order valence-corrected chi connectivity index (χ2v) is 8.64. The molecule has 25 heavy (non-hydrogen) atoms. The molecule has 0 bridgehead atoms. The Hall–Kier alpha value is -2.15. The minimum Gasteiger partial charge on any atom is -0.480 e. The zero-order chi connectivity index (χ0) is 18.4. The quantitative estimate of drug-likeness (QED) is 0.494. The number of carbonyl (C=O) groups excluding carboxylic acids is 2. The summed E-state index contributed by atoms with van der Waals surface area (Å²) in [6, 6.07) is 7.51. The fourth-order valence-electron chi connectivity index (χ4n) is 3.35. The molecule has 1 N–H and O–H groups in total. The highest BCUT2D eigenvalue weighted by molar-refractivity contribution is 8.01. The SMILES string of the molecule is CC(CC(=O)c1ccccc1)=N[C@@H]1C(=O)N2[C@@H]1SC(C)(C)[C@@H]2C(=O)O. The van der Waals surface area contributed by atoms with Crippen LogP contribution in [0.1, 0.15) is 37.6 Å². The summed E-state index contributed by atoms with van der Waals surface area (Å²) < 4.78 is -0.565. The Kier molecular flexibility index (Phi) is 4.45. The van der Waals surface area contributed by atoms with Crippen molar-refractivity contribution >= 4 is 35.1 Å². The van der Waals surface area contributed by atoms with E-state index in [1.807, 2.05) is 19.9 Å². The average Bonchev–Trinajstić information content (AvgIpc) is 2.81. The number of carbonyl (C=O) groups is 3.